The molecule has 0 spiro atoms. The van der Waals surface area contributed by atoms with Crippen LogP contribution in [0.25, 0.3) is 11.3 Å². The minimum atomic E-state index is -0.0940. The number of ketones is 1. The quantitative estimate of drug-likeness (QED) is 0.653. The maximum absolute atomic E-state index is 13.1. The van der Waals surface area contributed by atoms with Gasteiger partial charge in [-0.05, 0) is 12.8 Å². The summed E-state index contributed by atoms with van der Waals surface area (Å²) in [5, 5.41) is 3.36. The van der Waals surface area contributed by atoms with Gasteiger partial charge in [0.2, 0.25) is 11.7 Å². The number of aromatic nitrogens is 1. The molecule has 0 unspecified atom stereocenters. The number of hydrogen-bond acceptors (Lipinski definition) is 5. The predicted octanol–water partition coefficient (Wildman–Crippen LogP) is 4.41. The minimum Gasteiger partial charge on any atom is -0.381 e. The fraction of sp³-hybridized carbons (Fsp3) is 0.227. The Kier molecular flexibility index (Phi) is 5.60. The highest BCUT2D eigenvalue weighted by molar-refractivity contribution is 7.18. The van der Waals surface area contributed by atoms with Gasteiger partial charge in [0.05, 0.1) is 5.69 Å². The molecule has 0 radical (unpaired) electrons. The molecule has 2 heterocycles. The molecule has 1 amide bonds. The standard InChI is InChI=1S/C22H20N2O3S/c25-19(16-9-5-2-6-10-16)20-18(15-7-3-1-4-8-15)23-22(28-20)24-21(26)17-11-13-27-14-12-17/h1-10,17H,11-14H2,(H,23,24,26). The van der Waals surface area contributed by atoms with Crippen molar-refractivity contribution in [3.8, 4) is 11.3 Å². The normalized spacial score (nSPS) is 14.6. The summed E-state index contributed by atoms with van der Waals surface area (Å²) in [7, 11) is 0. The first kappa shape index (κ1) is 18.5. The van der Waals surface area contributed by atoms with Gasteiger partial charge in [-0.15, -0.1) is 0 Å². The molecule has 5 nitrogen and oxygen atoms in total. The summed E-state index contributed by atoms with van der Waals surface area (Å²) < 4.78 is 5.32. The lowest BCUT2D eigenvalue weighted by molar-refractivity contribution is -0.122. The molecule has 142 valence electrons. The zero-order chi connectivity index (χ0) is 19.3. The Morgan fingerprint density at radius 3 is 2.29 bits per heavy atom. The van der Waals surface area contributed by atoms with E-state index in [0.717, 1.165) is 5.56 Å². The Balaban J connectivity index is 1.66. The summed E-state index contributed by atoms with van der Waals surface area (Å²) in [6.45, 7) is 1.20. The van der Waals surface area contributed by atoms with Crippen LogP contribution in [-0.2, 0) is 9.53 Å². The van der Waals surface area contributed by atoms with E-state index >= 15 is 0 Å². The van der Waals surface area contributed by atoms with Crippen LogP contribution < -0.4 is 5.32 Å². The van der Waals surface area contributed by atoms with E-state index < -0.39 is 0 Å². The van der Waals surface area contributed by atoms with Crippen LogP contribution in [0, 0.1) is 5.92 Å². The number of nitrogens with one attached hydrogen (secondary N) is 1. The van der Waals surface area contributed by atoms with Crippen LogP contribution in [0.3, 0.4) is 0 Å². The molecule has 28 heavy (non-hydrogen) atoms. The van der Waals surface area contributed by atoms with Gasteiger partial charge < -0.3 is 10.1 Å². The number of hydrogen-bond donors (Lipinski definition) is 1. The van der Waals surface area contributed by atoms with Gasteiger partial charge >= 0.3 is 0 Å². The monoisotopic (exact) mass is 392 g/mol. The number of carbonyl (C=O) groups excluding carboxylic acids is 2. The van der Waals surface area contributed by atoms with E-state index in [1.54, 1.807) is 12.1 Å². The predicted molar refractivity (Wildman–Crippen MR) is 110 cm³/mol. The highest BCUT2D eigenvalue weighted by atomic mass is 32.1. The molecule has 1 aliphatic heterocycles. The third kappa shape index (κ3) is 4.03. The summed E-state index contributed by atoms with van der Waals surface area (Å²) in [4.78, 5) is 30.8. The van der Waals surface area contributed by atoms with E-state index in [4.69, 9.17) is 4.74 Å². The number of ether oxygens (including phenoxy) is 1. The SMILES string of the molecule is O=C(c1ccccc1)c1sc(NC(=O)C2CCOCC2)nc1-c1ccccc1. The van der Waals surface area contributed by atoms with E-state index in [2.05, 4.69) is 10.3 Å². The minimum absolute atomic E-state index is 0.0598. The van der Waals surface area contributed by atoms with Gasteiger partial charge in [0.15, 0.2) is 5.13 Å². The average molecular weight is 392 g/mol. The third-order valence-electron chi connectivity index (χ3n) is 4.74. The zero-order valence-electron chi connectivity index (χ0n) is 15.3. The Morgan fingerprint density at radius 2 is 1.61 bits per heavy atom. The fourth-order valence-corrected chi connectivity index (χ4v) is 4.16. The number of benzene rings is 2. The summed E-state index contributed by atoms with van der Waals surface area (Å²) >= 11 is 1.23. The van der Waals surface area contributed by atoms with E-state index in [-0.39, 0.29) is 17.6 Å². The van der Waals surface area contributed by atoms with Crippen molar-refractivity contribution in [1.29, 1.82) is 0 Å². The van der Waals surface area contributed by atoms with Gasteiger partial charge in [0, 0.05) is 30.3 Å². The summed E-state index contributed by atoms with van der Waals surface area (Å²) in [6, 6.07) is 18.7. The summed E-state index contributed by atoms with van der Waals surface area (Å²) in [6.07, 6.45) is 1.41. The molecule has 1 saturated heterocycles. The highest BCUT2D eigenvalue weighted by Gasteiger charge is 2.25. The molecule has 4 rings (SSSR count). The first-order valence-corrected chi connectivity index (χ1v) is 10.1. The summed E-state index contributed by atoms with van der Waals surface area (Å²) in [5.74, 6) is -0.231. The van der Waals surface area contributed by atoms with Gasteiger partial charge in [-0.3, -0.25) is 9.59 Å². The maximum Gasteiger partial charge on any atom is 0.229 e. The second-order valence-electron chi connectivity index (χ2n) is 6.63. The number of anilines is 1. The van der Waals surface area contributed by atoms with Crippen LogP contribution >= 0.6 is 11.3 Å². The molecule has 0 saturated carbocycles. The first-order chi connectivity index (χ1) is 13.7. The van der Waals surface area contributed by atoms with Crippen LogP contribution in [-0.4, -0.2) is 29.9 Å². The van der Waals surface area contributed by atoms with Crippen molar-refractivity contribution in [3.05, 3.63) is 71.1 Å². The Labute approximate surface area is 167 Å². The van der Waals surface area contributed by atoms with Crippen LogP contribution in [0.1, 0.15) is 28.1 Å². The number of amides is 1. The maximum atomic E-state index is 13.1. The lowest BCUT2D eigenvalue weighted by atomic mass is 10.00. The first-order valence-electron chi connectivity index (χ1n) is 9.27. The van der Waals surface area contributed by atoms with Crippen molar-refractivity contribution < 1.29 is 14.3 Å². The van der Waals surface area contributed by atoms with Gasteiger partial charge in [-0.1, -0.05) is 72.0 Å². The van der Waals surface area contributed by atoms with Gasteiger partial charge in [-0.2, -0.15) is 0 Å². The second kappa shape index (κ2) is 8.46. The van der Waals surface area contributed by atoms with Crippen molar-refractivity contribution in [2.24, 2.45) is 5.92 Å². The summed E-state index contributed by atoms with van der Waals surface area (Å²) in [5.41, 5.74) is 2.05. The van der Waals surface area contributed by atoms with Crippen molar-refractivity contribution in [1.82, 2.24) is 4.98 Å². The van der Waals surface area contributed by atoms with Gasteiger partial charge in [-0.25, -0.2) is 4.98 Å². The van der Waals surface area contributed by atoms with E-state index in [1.807, 2.05) is 48.5 Å². The average Bonchev–Trinajstić information content (AvgIpc) is 3.19. The molecule has 2 aromatic carbocycles. The van der Waals surface area contributed by atoms with Crippen molar-refractivity contribution >= 4 is 28.2 Å². The molecule has 1 aliphatic rings. The lowest BCUT2D eigenvalue weighted by Crippen LogP contribution is -2.28. The zero-order valence-corrected chi connectivity index (χ0v) is 16.1. The van der Waals surface area contributed by atoms with Crippen LogP contribution in [0.15, 0.2) is 60.7 Å². The topological polar surface area (TPSA) is 68.3 Å². The highest BCUT2D eigenvalue weighted by Crippen LogP contribution is 2.33. The number of carbonyl (C=O) groups is 2. The number of thiazole rings is 1. The third-order valence-corrected chi connectivity index (χ3v) is 5.71. The second-order valence-corrected chi connectivity index (χ2v) is 7.63. The number of nitrogens with zero attached hydrogens (tertiary/aromatic N) is 1. The van der Waals surface area contributed by atoms with Crippen molar-refractivity contribution in [2.45, 2.75) is 12.8 Å². The van der Waals surface area contributed by atoms with Crippen LogP contribution in [0.2, 0.25) is 0 Å². The van der Waals surface area contributed by atoms with Crippen LogP contribution in [0.5, 0.6) is 0 Å². The molecule has 0 bridgehead atoms. The largest absolute Gasteiger partial charge is 0.381 e. The molecule has 3 aromatic rings. The fourth-order valence-electron chi connectivity index (χ4n) is 3.21. The molecule has 0 atom stereocenters. The molecule has 0 aliphatic carbocycles. The number of rotatable bonds is 5. The van der Waals surface area contributed by atoms with Gasteiger partial charge in [0.25, 0.3) is 0 Å². The molecule has 1 N–H and O–H groups in total. The van der Waals surface area contributed by atoms with Crippen LogP contribution in [0.4, 0.5) is 5.13 Å². The van der Waals surface area contributed by atoms with E-state index in [0.29, 0.717) is 47.3 Å². The Bertz CT molecular complexity index is 964. The van der Waals surface area contributed by atoms with E-state index in [9.17, 15) is 9.59 Å². The smallest absolute Gasteiger partial charge is 0.229 e. The molecule has 6 heteroatoms. The van der Waals surface area contributed by atoms with Crippen molar-refractivity contribution in [3.63, 3.8) is 0 Å². The van der Waals surface area contributed by atoms with Gasteiger partial charge in [0.1, 0.15) is 4.88 Å². The Hall–Kier alpha value is -2.83. The molecular weight excluding hydrogens is 372 g/mol. The molecular formula is C22H20N2O3S. The lowest BCUT2D eigenvalue weighted by Gasteiger charge is -2.20. The molecule has 1 aromatic heterocycles. The van der Waals surface area contributed by atoms with E-state index in [1.165, 1.54) is 11.3 Å². The molecule has 1 fully saturated rings. The Morgan fingerprint density at radius 1 is 0.964 bits per heavy atom. The van der Waals surface area contributed by atoms with Crippen molar-refractivity contribution in [2.75, 3.05) is 18.5 Å².